The van der Waals surface area contributed by atoms with Crippen LogP contribution in [0.4, 0.5) is 0 Å². The largest absolute Gasteiger partial charge is 0.307 e. The number of aromatic nitrogens is 4. The fourth-order valence-electron chi connectivity index (χ4n) is 2.32. The van der Waals surface area contributed by atoms with E-state index < -0.39 is 0 Å². The van der Waals surface area contributed by atoms with Gasteiger partial charge in [-0.3, -0.25) is 9.36 Å². The van der Waals surface area contributed by atoms with Crippen LogP contribution in [0.2, 0.25) is 0 Å². The summed E-state index contributed by atoms with van der Waals surface area (Å²) in [4.78, 5) is 0. The van der Waals surface area contributed by atoms with Gasteiger partial charge in [0.05, 0.1) is 21.6 Å². The Bertz CT molecular complexity index is 585. The highest BCUT2D eigenvalue weighted by Gasteiger charge is 2.13. The van der Waals surface area contributed by atoms with Gasteiger partial charge in [-0.1, -0.05) is 6.92 Å². The molecule has 110 valence electrons. The van der Waals surface area contributed by atoms with Crippen LogP contribution in [0, 0.1) is 6.92 Å². The van der Waals surface area contributed by atoms with Gasteiger partial charge in [-0.05, 0) is 36.2 Å². The minimum Gasteiger partial charge on any atom is -0.307 e. The van der Waals surface area contributed by atoms with Gasteiger partial charge < -0.3 is 5.32 Å². The number of aryl methyl sites for hydroxylation is 4. The van der Waals surface area contributed by atoms with Crippen LogP contribution < -0.4 is 5.32 Å². The van der Waals surface area contributed by atoms with E-state index in [1.54, 1.807) is 0 Å². The summed E-state index contributed by atoms with van der Waals surface area (Å²) < 4.78 is 5.05. The van der Waals surface area contributed by atoms with Crippen molar-refractivity contribution in [3.63, 3.8) is 0 Å². The predicted molar refractivity (Wildman–Crippen MR) is 83.5 cm³/mol. The quantitative estimate of drug-likeness (QED) is 0.879. The molecule has 1 N–H and O–H groups in total. The molecule has 0 radical (unpaired) electrons. The Balaban J connectivity index is 2.04. The standard InChI is InChI=1S/C14H22BrN5/c1-5-12-14(15)13(20(6-2)18-12)8-16-7-11-9-19(4)17-10(11)3/h9,16H,5-8H2,1-4H3. The second-order valence-corrected chi connectivity index (χ2v) is 5.69. The molecule has 0 saturated carbocycles. The van der Waals surface area contributed by atoms with Crippen molar-refractivity contribution >= 4 is 15.9 Å². The molecule has 0 aromatic carbocycles. The lowest BCUT2D eigenvalue weighted by Crippen LogP contribution is -2.16. The molecule has 2 heterocycles. The van der Waals surface area contributed by atoms with E-state index in [0.29, 0.717) is 0 Å². The molecule has 2 aromatic heterocycles. The van der Waals surface area contributed by atoms with Gasteiger partial charge in [0.2, 0.25) is 0 Å². The minimum atomic E-state index is 0.801. The molecular weight excluding hydrogens is 318 g/mol. The van der Waals surface area contributed by atoms with Crippen molar-refractivity contribution < 1.29 is 0 Å². The van der Waals surface area contributed by atoms with Crippen LogP contribution in [-0.4, -0.2) is 19.6 Å². The number of nitrogens with zero attached hydrogens (tertiary/aromatic N) is 4. The fourth-order valence-corrected chi connectivity index (χ4v) is 3.03. The molecular formula is C14H22BrN5. The van der Waals surface area contributed by atoms with E-state index in [4.69, 9.17) is 0 Å². The molecule has 6 heteroatoms. The average Bonchev–Trinajstić information content (AvgIpc) is 2.90. The molecule has 0 amide bonds. The van der Waals surface area contributed by atoms with Crippen LogP contribution in [-0.2, 0) is 33.1 Å². The first kappa shape index (κ1) is 15.3. The molecule has 0 saturated heterocycles. The first-order chi connectivity index (χ1) is 9.56. The molecule has 0 fully saturated rings. The summed E-state index contributed by atoms with van der Waals surface area (Å²) in [6.07, 6.45) is 3.01. The van der Waals surface area contributed by atoms with Crippen LogP contribution in [0.25, 0.3) is 0 Å². The van der Waals surface area contributed by atoms with Crippen molar-refractivity contribution in [2.24, 2.45) is 7.05 Å². The smallest absolute Gasteiger partial charge is 0.0767 e. The van der Waals surface area contributed by atoms with E-state index >= 15 is 0 Å². The van der Waals surface area contributed by atoms with E-state index in [9.17, 15) is 0 Å². The Morgan fingerprint density at radius 3 is 2.55 bits per heavy atom. The van der Waals surface area contributed by atoms with E-state index in [2.05, 4.69) is 56.2 Å². The second-order valence-electron chi connectivity index (χ2n) is 4.89. The van der Waals surface area contributed by atoms with Gasteiger partial charge in [-0.15, -0.1) is 0 Å². The summed E-state index contributed by atoms with van der Waals surface area (Å²) >= 11 is 3.67. The van der Waals surface area contributed by atoms with E-state index in [1.807, 2.05) is 18.7 Å². The number of nitrogens with one attached hydrogen (secondary N) is 1. The highest BCUT2D eigenvalue weighted by molar-refractivity contribution is 9.10. The zero-order valence-corrected chi connectivity index (χ0v) is 14.2. The SMILES string of the molecule is CCc1nn(CC)c(CNCc2cn(C)nc2C)c1Br. The van der Waals surface area contributed by atoms with Crippen molar-refractivity contribution in [1.82, 2.24) is 24.9 Å². The third-order valence-corrected chi connectivity index (χ3v) is 4.33. The first-order valence-corrected chi connectivity index (χ1v) is 7.80. The number of rotatable bonds is 6. The van der Waals surface area contributed by atoms with Gasteiger partial charge in [0, 0.05) is 38.4 Å². The molecule has 5 nitrogen and oxygen atoms in total. The Kier molecular flexibility index (Phi) is 4.99. The second kappa shape index (κ2) is 6.54. The maximum Gasteiger partial charge on any atom is 0.0767 e. The normalized spacial score (nSPS) is 11.2. The highest BCUT2D eigenvalue weighted by Crippen LogP contribution is 2.22. The average molecular weight is 340 g/mol. The van der Waals surface area contributed by atoms with E-state index in [0.717, 1.165) is 41.9 Å². The fraction of sp³-hybridized carbons (Fsp3) is 0.571. The van der Waals surface area contributed by atoms with Gasteiger partial charge in [-0.2, -0.15) is 10.2 Å². The number of hydrogen-bond donors (Lipinski definition) is 1. The van der Waals surface area contributed by atoms with Crippen molar-refractivity contribution in [3.05, 3.63) is 33.3 Å². The minimum absolute atomic E-state index is 0.801. The Morgan fingerprint density at radius 2 is 2.00 bits per heavy atom. The van der Waals surface area contributed by atoms with Crippen LogP contribution in [0.5, 0.6) is 0 Å². The Morgan fingerprint density at radius 1 is 1.25 bits per heavy atom. The van der Waals surface area contributed by atoms with Gasteiger partial charge in [0.15, 0.2) is 0 Å². The number of hydrogen-bond acceptors (Lipinski definition) is 3. The van der Waals surface area contributed by atoms with E-state index in [1.165, 1.54) is 11.3 Å². The summed E-state index contributed by atoms with van der Waals surface area (Å²) in [5.74, 6) is 0. The van der Waals surface area contributed by atoms with E-state index in [-0.39, 0.29) is 0 Å². The lowest BCUT2D eigenvalue weighted by molar-refractivity contribution is 0.576. The van der Waals surface area contributed by atoms with Crippen LogP contribution in [0.3, 0.4) is 0 Å². The lowest BCUT2D eigenvalue weighted by Gasteiger charge is -2.07. The zero-order valence-electron chi connectivity index (χ0n) is 12.6. The molecule has 0 unspecified atom stereocenters. The lowest BCUT2D eigenvalue weighted by atomic mass is 10.2. The summed E-state index contributed by atoms with van der Waals surface area (Å²) in [7, 11) is 1.95. The highest BCUT2D eigenvalue weighted by atomic mass is 79.9. The summed E-state index contributed by atoms with van der Waals surface area (Å²) in [6.45, 7) is 8.80. The van der Waals surface area contributed by atoms with Crippen LogP contribution >= 0.6 is 15.9 Å². The van der Waals surface area contributed by atoms with Crippen LogP contribution in [0.1, 0.15) is 36.5 Å². The molecule has 20 heavy (non-hydrogen) atoms. The Labute approximate surface area is 128 Å². The molecule has 0 aliphatic heterocycles. The predicted octanol–water partition coefficient (Wildman–Crippen LogP) is 2.56. The summed E-state index contributed by atoms with van der Waals surface area (Å²) in [6, 6.07) is 0. The monoisotopic (exact) mass is 339 g/mol. The van der Waals surface area contributed by atoms with Gasteiger partial charge in [-0.25, -0.2) is 0 Å². The third kappa shape index (κ3) is 3.12. The molecule has 0 aliphatic carbocycles. The summed E-state index contributed by atoms with van der Waals surface area (Å²) in [5.41, 5.74) is 4.66. The zero-order chi connectivity index (χ0) is 14.7. The van der Waals surface area contributed by atoms with Gasteiger partial charge in [0.25, 0.3) is 0 Å². The topological polar surface area (TPSA) is 47.7 Å². The first-order valence-electron chi connectivity index (χ1n) is 7.00. The Hall–Kier alpha value is -1.14. The third-order valence-electron chi connectivity index (χ3n) is 3.42. The van der Waals surface area contributed by atoms with Crippen molar-refractivity contribution in [3.8, 4) is 0 Å². The molecule has 0 aliphatic rings. The van der Waals surface area contributed by atoms with Crippen molar-refractivity contribution in [2.75, 3.05) is 0 Å². The van der Waals surface area contributed by atoms with Gasteiger partial charge in [0.1, 0.15) is 0 Å². The maximum absolute atomic E-state index is 4.61. The maximum atomic E-state index is 4.61. The number of halogens is 1. The molecule has 0 bridgehead atoms. The molecule has 0 atom stereocenters. The molecule has 0 spiro atoms. The van der Waals surface area contributed by atoms with Crippen molar-refractivity contribution in [2.45, 2.75) is 46.8 Å². The van der Waals surface area contributed by atoms with Crippen molar-refractivity contribution in [1.29, 1.82) is 0 Å². The molecule has 2 aromatic rings. The van der Waals surface area contributed by atoms with Crippen LogP contribution in [0.15, 0.2) is 10.7 Å². The summed E-state index contributed by atoms with van der Waals surface area (Å²) in [5, 5.41) is 12.4. The van der Waals surface area contributed by atoms with Gasteiger partial charge >= 0.3 is 0 Å². The molecule has 2 rings (SSSR count).